The van der Waals surface area contributed by atoms with Crippen molar-refractivity contribution in [2.45, 2.75) is 6.54 Å². The second-order valence-corrected chi connectivity index (χ2v) is 6.93. The largest absolute Gasteiger partial charge is 0.325 e. The number of anilines is 1. The Hall–Kier alpha value is -4.73. The maximum absolute atomic E-state index is 12.2. The summed E-state index contributed by atoms with van der Waals surface area (Å²) in [4.78, 5) is 31.9. The first-order valence-corrected chi connectivity index (χ1v) is 9.71. The highest BCUT2D eigenvalue weighted by Gasteiger charge is 2.11. The van der Waals surface area contributed by atoms with Crippen LogP contribution >= 0.6 is 0 Å². The molecule has 0 aliphatic rings. The van der Waals surface area contributed by atoms with Gasteiger partial charge in [-0.3, -0.25) is 19.1 Å². The number of pyridine rings is 1. The van der Waals surface area contributed by atoms with E-state index in [1.807, 2.05) is 36.4 Å². The Bertz CT molecular complexity index is 1460. The first-order chi connectivity index (χ1) is 15.7. The van der Waals surface area contributed by atoms with E-state index in [4.69, 9.17) is 0 Å². The molecule has 0 radical (unpaired) electrons. The third-order valence-electron chi connectivity index (χ3n) is 4.75. The Labute approximate surface area is 181 Å². The number of hydrogen-bond acceptors (Lipinski definition) is 7. The summed E-state index contributed by atoms with van der Waals surface area (Å²) in [5.74, 6) is 0.280. The SMILES string of the molecule is O=C(Cn1cnccc1=O)Nc1ccc(-c2ccc3nnc(-c4cccnc4)n3n2)cc1. The van der Waals surface area contributed by atoms with Crippen molar-refractivity contribution in [3.63, 3.8) is 0 Å². The Morgan fingerprint density at radius 1 is 0.906 bits per heavy atom. The van der Waals surface area contributed by atoms with E-state index in [1.54, 1.807) is 29.0 Å². The van der Waals surface area contributed by atoms with E-state index in [-0.39, 0.29) is 18.0 Å². The minimum atomic E-state index is -0.321. The molecule has 10 heteroatoms. The van der Waals surface area contributed by atoms with Crippen LogP contribution in [0.4, 0.5) is 5.69 Å². The number of fused-ring (bicyclic) bond motifs is 1. The molecule has 0 spiro atoms. The van der Waals surface area contributed by atoms with Crippen molar-refractivity contribution in [1.29, 1.82) is 0 Å². The molecule has 0 aliphatic carbocycles. The quantitative estimate of drug-likeness (QED) is 0.458. The van der Waals surface area contributed by atoms with Crippen molar-refractivity contribution in [1.82, 2.24) is 34.3 Å². The molecular formula is C22H16N8O2. The highest BCUT2D eigenvalue weighted by atomic mass is 16.2. The molecular weight excluding hydrogens is 408 g/mol. The molecule has 1 aromatic carbocycles. The lowest BCUT2D eigenvalue weighted by Gasteiger charge is -2.08. The van der Waals surface area contributed by atoms with E-state index in [2.05, 4.69) is 30.6 Å². The number of amides is 1. The molecule has 4 heterocycles. The third-order valence-corrected chi connectivity index (χ3v) is 4.75. The van der Waals surface area contributed by atoms with Crippen molar-refractivity contribution >= 4 is 17.2 Å². The van der Waals surface area contributed by atoms with Crippen LogP contribution in [0.2, 0.25) is 0 Å². The van der Waals surface area contributed by atoms with Gasteiger partial charge in [0.15, 0.2) is 11.5 Å². The highest BCUT2D eigenvalue weighted by molar-refractivity contribution is 5.90. The predicted molar refractivity (Wildman–Crippen MR) is 117 cm³/mol. The standard InChI is InChI=1S/C22H16N8O2/c31-20(13-29-14-24-11-9-21(29)32)25-17-5-3-15(4-6-17)18-7-8-19-26-27-22(30(19)28-18)16-2-1-10-23-12-16/h1-12,14H,13H2,(H,25,31). The average molecular weight is 424 g/mol. The molecule has 1 amide bonds. The summed E-state index contributed by atoms with van der Waals surface area (Å²) in [6.45, 7) is -0.114. The van der Waals surface area contributed by atoms with Gasteiger partial charge >= 0.3 is 0 Å². The van der Waals surface area contributed by atoms with Crippen molar-refractivity contribution in [3.05, 3.63) is 89.9 Å². The lowest BCUT2D eigenvalue weighted by atomic mass is 10.1. The van der Waals surface area contributed by atoms with Gasteiger partial charge < -0.3 is 5.32 Å². The fourth-order valence-electron chi connectivity index (χ4n) is 3.19. The van der Waals surface area contributed by atoms with Gasteiger partial charge in [-0.2, -0.15) is 9.61 Å². The van der Waals surface area contributed by atoms with Gasteiger partial charge in [-0.1, -0.05) is 12.1 Å². The van der Waals surface area contributed by atoms with E-state index >= 15 is 0 Å². The summed E-state index contributed by atoms with van der Waals surface area (Å²) in [6, 6.07) is 16.0. The van der Waals surface area contributed by atoms with Crippen LogP contribution in [0, 0.1) is 0 Å². The molecule has 0 unspecified atom stereocenters. The van der Waals surface area contributed by atoms with Crippen molar-refractivity contribution in [2.75, 3.05) is 5.32 Å². The Morgan fingerprint density at radius 3 is 2.56 bits per heavy atom. The van der Waals surface area contributed by atoms with Gasteiger partial charge in [-0.15, -0.1) is 10.2 Å². The van der Waals surface area contributed by atoms with Gasteiger partial charge in [0.1, 0.15) is 6.54 Å². The van der Waals surface area contributed by atoms with Crippen LogP contribution in [-0.4, -0.2) is 40.3 Å². The second kappa shape index (κ2) is 8.19. The average Bonchev–Trinajstić information content (AvgIpc) is 3.25. The van der Waals surface area contributed by atoms with E-state index in [9.17, 15) is 9.59 Å². The highest BCUT2D eigenvalue weighted by Crippen LogP contribution is 2.22. The summed E-state index contributed by atoms with van der Waals surface area (Å²) in [5.41, 5.74) is 3.35. The first kappa shape index (κ1) is 19.2. The van der Waals surface area contributed by atoms with Crippen LogP contribution in [0.15, 0.2) is 84.3 Å². The monoisotopic (exact) mass is 424 g/mol. The number of benzene rings is 1. The number of carbonyl (C=O) groups excluding carboxylic acids is 1. The summed E-state index contributed by atoms with van der Waals surface area (Å²) >= 11 is 0. The van der Waals surface area contributed by atoms with Gasteiger partial charge in [0.25, 0.3) is 5.56 Å². The minimum Gasteiger partial charge on any atom is -0.325 e. The zero-order valence-corrected chi connectivity index (χ0v) is 16.7. The lowest BCUT2D eigenvalue weighted by Crippen LogP contribution is -2.26. The molecule has 10 nitrogen and oxygen atoms in total. The van der Waals surface area contributed by atoms with Crippen molar-refractivity contribution in [2.24, 2.45) is 0 Å². The van der Waals surface area contributed by atoms with Crippen molar-refractivity contribution < 1.29 is 4.79 Å². The Balaban J connectivity index is 1.36. The van der Waals surface area contributed by atoms with Crippen LogP contribution in [0.3, 0.4) is 0 Å². The Morgan fingerprint density at radius 2 is 1.78 bits per heavy atom. The molecule has 1 N–H and O–H groups in total. The van der Waals surface area contributed by atoms with E-state index < -0.39 is 0 Å². The molecule has 0 bridgehead atoms. The zero-order chi connectivity index (χ0) is 21.9. The lowest BCUT2D eigenvalue weighted by molar-refractivity contribution is -0.116. The molecule has 32 heavy (non-hydrogen) atoms. The van der Waals surface area contributed by atoms with Gasteiger partial charge in [0, 0.05) is 41.5 Å². The summed E-state index contributed by atoms with van der Waals surface area (Å²) in [5, 5.41) is 15.8. The molecule has 5 rings (SSSR count). The van der Waals surface area contributed by atoms with E-state index in [0.29, 0.717) is 17.2 Å². The normalized spacial score (nSPS) is 10.9. The van der Waals surface area contributed by atoms with E-state index in [1.165, 1.54) is 23.2 Å². The number of hydrogen-bond donors (Lipinski definition) is 1. The summed E-state index contributed by atoms with van der Waals surface area (Å²) in [6.07, 6.45) is 6.13. The van der Waals surface area contributed by atoms with Crippen molar-refractivity contribution in [3.8, 4) is 22.6 Å². The Kier molecular flexibility index (Phi) is 4.92. The molecule has 0 saturated carbocycles. The molecule has 4 aromatic heterocycles. The fraction of sp³-hybridized carbons (Fsp3) is 0.0455. The zero-order valence-electron chi connectivity index (χ0n) is 16.7. The van der Waals surface area contributed by atoms with Crippen LogP contribution in [-0.2, 0) is 11.3 Å². The third kappa shape index (κ3) is 3.84. The molecule has 5 aromatic rings. The number of nitrogens with zero attached hydrogens (tertiary/aromatic N) is 7. The van der Waals surface area contributed by atoms with Gasteiger partial charge in [0.2, 0.25) is 5.91 Å². The number of aromatic nitrogens is 7. The minimum absolute atomic E-state index is 0.114. The molecule has 156 valence electrons. The smallest absolute Gasteiger partial charge is 0.253 e. The molecule has 0 atom stereocenters. The van der Waals surface area contributed by atoms with E-state index in [0.717, 1.165) is 16.8 Å². The second-order valence-electron chi connectivity index (χ2n) is 6.93. The van der Waals surface area contributed by atoms with Crippen LogP contribution in [0.5, 0.6) is 0 Å². The maximum atomic E-state index is 12.2. The molecule has 0 saturated heterocycles. The summed E-state index contributed by atoms with van der Waals surface area (Å²) < 4.78 is 2.91. The van der Waals surface area contributed by atoms with Crippen LogP contribution < -0.4 is 10.9 Å². The number of nitrogens with one attached hydrogen (secondary N) is 1. The predicted octanol–water partition coefficient (Wildman–Crippen LogP) is 2.05. The molecule has 0 fully saturated rings. The first-order valence-electron chi connectivity index (χ1n) is 9.71. The molecule has 0 aliphatic heterocycles. The van der Waals surface area contributed by atoms with Crippen LogP contribution in [0.1, 0.15) is 0 Å². The maximum Gasteiger partial charge on any atom is 0.253 e. The summed E-state index contributed by atoms with van der Waals surface area (Å²) in [7, 11) is 0. The van der Waals surface area contributed by atoms with Gasteiger partial charge in [-0.05, 0) is 36.4 Å². The van der Waals surface area contributed by atoms with Crippen LogP contribution in [0.25, 0.3) is 28.3 Å². The number of carbonyl (C=O) groups is 1. The van der Waals surface area contributed by atoms with Gasteiger partial charge in [0.05, 0.1) is 12.0 Å². The number of rotatable bonds is 5. The fourth-order valence-corrected chi connectivity index (χ4v) is 3.19. The van der Waals surface area contributed by atoms with Gasteiger partial charge in [-0.25, -0.2) is 4.98 Å². The topological polar surface area (TPSA) is 120 Å².